The van der Waals surface area contributed by atoms with Gasteiger partial charge in [0.15, 0.2) is 5.75 Å². The summed E-state index contributed by atoms with van der Waals surface area (Å²) in [5, 5.41) is 9.02. The van der Waals surface area contributed by atoms with E-state index in [-0.39, 0.29) is 18.5 Å². The maximum absolute atomic E-state index is 8.57. The maximum Gasteiger partial charge on any atom is 0.222 e. The van der Waals surface area contributed by atoms with E-state index in [0.29, 0.717) is 5.28 Å². The van der Waals surface area contributed by atoms with Crippen molar-refractivity contribution in [3.8, 4) is 5.75 Å². The van der Waals surface area contributed by atoms with Crippen molar-refractivity contribution in [3.63, 3.8) is 0 Å². The minimum atomic E-state index is 0. The molecule has 2 aromatic rings. The molecule has 0 unspecified atom stereocenters. The van der Waals surface area contributed by atoms with Crippen LogP contribution in [0.2, 0.25) is 10.6 Å². The third-order valence-electron chi connectivity index (χ3n) is 1.36. The molecule has 0 bridgehead atoms. The summed E-state index contributed by atoms with van der Waals surface area (Å²) in [6.07, 6.45) is 5.81. The molecule has 2 aromatic heterocycles. The van der Waals surface area contributed by atoms with E-state index in [0.717, 1.165) is 5.56 Å². The number of aryl methyl sites for hydroxylation is 1. The summed E-state index contributed by atoms with van der Waals surface area (Å²) >= 11 is 10.7. The molecule has 0 radical (unpaired) electrons. The van der Waals surface area contributed by atoms with Gasteiger partial charge >= 0.3 is 0 Å². The number of rotatable bonds is 0. The standard InChI is InChI=1S/C5H5ClN2.C4H3ClN2O.CH4/c1-4-2-7-5(6)8-3-4;5-4-6-1-3(8)2-7-4;/h2-3H,1H3;1-2,8H;1H4. The van der Waals surface area contributed by atoms with Crippen molar-refractivity contribution in [2.24, 2.45) is 0 Å². The number of aromatic nitrogens is 4. The first kappa shape index (κ1) is 15.5. The van der Waals surface area contributed by atoms with Crippen LogP contribution in [0.3, 0.4) is 0 Å². The Morgan fingerprint density at radius 1 is 0.882 bits per heavy atom. The second-order valence-corrected chi connectivity index (χ2v) is 3.42. The second-order valence-electron chi connectivity index (χ2n) is 2.74. The minimum Gasteiger partial charge on any atom is -0.505 e. The van der Waals surface area contributed by atoms with Crippen molar-refractivity contribution in [2.75, 3.05) is 0 Å². The quantitative estimate of drug-likeness (QED) is 0.748. The Morgan fingerprint density at radius 2 is 1.24 bits per heavy atom. The average molecular weight is 275 g/mol. The molecule has 0 amide bonds. The van der Waals surface area contributed by atoms with E-state index in [1.807, 2.05) is 6.92 Å². The summed E-state index contributed by atoms with van der Waals surface area (Å²) in [7, 11) is 0. The number of aromatic hydroxyl groups is 1. The van der Waals surface area contributed by atoms with Gasteiger partial charge in [0.2, 0.25) is 10.6 Å². The van der Waals surface area contributed by atoms with Crippen molar-refractivity contribution >= 4 is 23.2 Å². The zero-order valence-electron chi connectivity index (χ0n) is 8.30. The molecule has 0 atom stereocenters. The van der Waals surface area contributed by atoms with Gasteiger partial charge in [0.05, 0.1) is 12.4 Å². The van der Waals surface area contributed by atoms with Gasteiger partial charge in [-0.05, 0) is 35.7 Å². The van der Waals surface area contributed by atoms with Crippen molar-refractivity contribution in [3.05, 3.63) is 40.9 Å². The Hall–Kier alpha value is -1.46. The fraction of sp³-hybridized carbons (Fsp3) is 0.200. The SMILES string of the molecule is C.Cc1cnc(Cl)nc1.Oc1cnc(Cl)nc1. The molecule has 0 spiro atoms. The third kappa shape index (κ3) is 6.65. The van der Waals surface area contributed by atoms with E-state index in [1.54, 1.807) is 12.4 Å². The molecule has 0 fully saturated rings. The molecule has 2 heterocycles. The van der Waals surface area contributed by atoms with Gasteiger partial charge in [-0.3, -0.25) is 0 Å². The van der Waals surface area contributed by atoms with Gasteiger partial charge in [-0.1, -0.05) is 7.43 Å². The van der Waals surface area contributed by atoms with Gasteiger partial charge < -0.3 is 5.11 Å². The summed E-state index contributed by atoms with van der Waals surface area (Å²) in [6, 6.07) is 0. The van der Waals surface area contributed by atoms with Crippen LogP contribution in [0.5, 0.6) is 5.75 Å². The van der Waals surface area contributed by atoms with Crippen molar-refractivity contribution < 1.29 is 5.11 Å². The fourth-order valence-electron chi connectivity index (χ4n) is 0.682. The molecular formula is C10H12Cl2N4O. The Bertz CT molecular complexity index is 348. The highest BCUT2D eigenvalue weighted by molar-refractivity contribution is 6.28. The molecule has 0 aliphatic carbocycles. The Morgan fingerprint density at radius 3 is 1.53 bits per heavy atom. The van der Waals surface area contributed by atoms with E-state index >= 15 is 0 Å². The first-order valence-corrected chi connectivity index (χ1v) is 4.94. The molecule has 0 saturated heterocycles. The molecule has 92 valence electrons. The zero-order chi connectivity index (χ0) is 12.0. The van der Waals surface area contributed by atoms with Crippen LogP contribution in [0.15, 0.2) is 24.8 Å². The predicted octanol–water partition coefficient (Wildman–Crippen LogP) is 2.91. The van der Waals surface area contributed by atoms with Crippen LogP contribution in [0.25, 0.3) is 0 Å². The molecule has 0 aliphatic rings. The lowest BCUT2D eigenvalue weighted by Gasteiger charge is -1.86. The van der Waals surface area contributed by atoms with Crippen molar-refractivity contribution in [2.45, 2.75) is 14.4 Å². The van der Waals surface area contributed by atoms with E-state index in [9.17, 15) is 0 Å². The van der Waals surface area contributed by atoms with Crippen LogP contribution in [0, 0.1) is 6.92 Å². The highest BCUT2D eigenvalue weighted by Gasteiger charge is 1.87. The van der Waals surface area contributed by atoms with Crippen LogP contribution in [0.1, 0.15) is 13.0 Å². The Labute approximate surface area is 110 Å². The molecule has 1 N–H and O–H groups in total. The molecule has 2 rings (SSSR count). The molecule has 0 aliphatic heterocycles. The van der Waals surface area contributed by atoms with Crippen molar-refractivity contribution in [1.82, 2.24) is 19.9 Å². The van der Waals surface area contributed by atoms with Gasteiger partial charge in [0.1, 0.15) is 0 Å². The lowest BCUT2D eigenvalue weighted by Crippen LogP contribution is -1.80. The third-order valence-corrected chi connectivity index (χ3v) is 1.75. The maximum atomic E-state index is 8.57. The minimum absolute atomic E-state index is 0. The summed E-state index contributed by atoms with van der Waals surface area (Å²) in [5.74, 6) is 0.0226. The Balaban J connectivity index is 0.000000284. The van der Waals surface area contributed by atoms with Crippen LogP contribution in [-0.2, 0) is 0 Å². The number of hydrogen-bond donors (Lipinski definition) is 1. The molecule has 0 aromatic carbocycles. The van der Waals surface area contributed by atoms with Gasteiger partial charge in [-0.25, -0.2) is 19.9 Å². The van der Waals surface area contributed by atoms with Crippen molar-refractivity contribution in [1.29, 1.82) is 0 Å². The first-order valence-electron chi connectivity index (χ1n) is 4.18. The van der Waals surface area contributed by atoms with E-state index in [2.05, 4.69) is 19.9 Å². The molecule has 17 heavy (non-hydrogen) atoms. The van der Waals surface area contributed by atoms with Gasteiger partial charge in [-0.15, -0.1) is 0 Å². The smallest absolute Gasteiger partial charge is 0.222 e. The molecule has 5 nitrogen and oxygen atoms in total. The van der Waals surface area contributed by atoms with Crippen LogP contribution in [-0.4, -0.2) is 25.0 Å². The van der Waals surface area contributed by atoms with Crippen LogP contribution in [0.4, 0.5) is 0 Å². The monoisotopic (exact) mass is 274 g/mol. The molecule has 7 heteroatoms. The topological polar surface area (TPSA) is 71.8 Å². The number of hydrogen-bond acceptors (Lipinski definition) is 5. The number of halogens is 2. The van der Waals surface area contributed by atoms with Crippen LogP contribution < -0.4 is 0 Å². The fourth-order valence-corrected chi connectivity index (χ4v) is 0.877. The average Bonchev–Trinajstić information content (AvgIpc) is 2.28. The Kier molecular flexibility index (Phi) is 7.09. The molecule has 0 saturated carbocycles. The highest BCUT2D eigenvalue weighted by Crippen LogP contribution is 2.04. The lowest BCUT2D eigenvalue weighted by atomic mass is 10.4. The largest absolute Gasteiger partial charge is 0.505 e. The van der Waals surface area contributed by atoms with E-state index in [1.165, 1.54) is 12.4 Å². The zero-order valence-corrected chi connectivity index (χ0v) is 9.81. The summed E-state index contributed by atoms with van der Waals surface area (Å²) < 4.78 is 0. The highest BCUT2D eigenvalue weighted by atomic mass is 35.5. The van der Waals surface area contributed by atoms with Crippen LogP contribution >= 0.6 is 23.2 Å². The summed E-state index contributed by atoms with van der Waals surface area (Å²) in [5.41, 5.74) is 1.02. The predicted molar refractivity (Wildman–Crippen MR) is 67.2 cm³/mol. The summed E-state index contributed by atoms with van der Waals surface area (Å²) in [4.78, 5) is 14.4. The molecular weight excluding hydrogens is 263 g/mol. The van der Waals surface area contributed by atoms with Gasteiger partial charge in [0.25, 0.3) is 0 Å². The van der Waals surface area contributed by atoms with Gasteiger partial charge in [-0.2, -0.15) is 0 Å². The summed E-state index contributed by atoms with van der Waals surface area (Å²) in [6.45, 7) is 1.91. The lowest BCUT2D eigenvalue weighted by molar-refractivity contribution is 0.469. The number of nitrogens with zero attached hydrogens (tertiary/aromatic N) is 4. The van der Waals surface area contributed by atoms with Gasteiger partial charge in [0, 0.05) is 12.4 Å². The van der Waals surface area contributed by atoms with E-state index < -0.39 is 0 Å². The normalized spacial score (nSPS) is 8.65. The van der Waals surface area contributed by atoms with E-state index in [4.69, 9.17) is 28.3 Å². The second kappa shape index (κ2) is 7.76. The first-order chi connectivity index (χ1) is 7.58.